The second kappa shape index (κ2) is 14.9. The Morgan fingerprint density at radius 2 is 1.56 bits per heavy atom. The number of hydrogen-bond donors (Lipinski definition) is 3. The summed E-state index contributed by atoms with van der Waals surface area (Å²) < 4.78 is 19.8. The maximum absolute atomic E-state index is 12.6. The number of hydrogen-bond acceptors (Lipinski definition) is 10. The Labute approximate surface area is 200 Å². The lowest BCUT2D eigenvalue weighted by Gasteiger charge is -2.26. The summed E-state index contributed by atoms with van der Waals surface area (Å²) in [5, 5.41) is 4.85. The zero-order valence-corrected chi connectivity index (χ0v) is 21.2. The van der Waals surface area contributed by atoms with Gasteiger partial charge >= 0.3 is 24.1 Å². The maximum Gasteiger partial charge on any atom is 0.413 e. The fourth-order valence-electron chi connectivity index (χ4n) is 2.14. The SMILES string of the molecule is CCOC(=O)NC(=NCCC[C@H](NC(=O)OC(C)(C)C)C(=O)OC(C)(C)C)NOCC(=O)OC. The van der Waals surface area contributed by atoms with Crippen molar-refractivity contribution >= 4 is 30.1 Å². The summed E-state index contributed by atoms with van der Waals surface area (Å²) in [5.74, 6) is -1.38. The third-order valence-electron chi connectivity index (χ3n) is 3.39. The number of nitrogens with zero attached hydrogens (tertiary/aromatic N) is 1. The van der Waals surface area contributed by atoms with E-state index in [4.69, 9.17) is 19.0 Å². The number of guanidine groups is 1. The molecule has 0 aliphatic carbocycles. The number of amides is 2. The van der Waals surface area contributed by atoms with E-state index in [-0.39, 0.29) is 25.5 Å². The molecule has 0 saturated carbocycles. The van der Waals surface area contributed by atoms with Crippen LogP contribution in [0.4, 0.5) is 9.59 Å². The number of aliphatic imine (C=N–C) groups is 1. The molecule has 34 heavy (non-hydrogen) atoms. The third kappa shape index (κ3) is 16.5. The van der Waals surface area contributed by atoms with Crippen LogP contribution in [0.2, 0.25) is 0 Å². The van der Waals surface area contributed by atoms with E-state index < -0.39 is 48.0 Å². The first kappa shape index (κ1) is 30.9. The van der Waals surface area contributed by atoms with Crippen molar-refractivity contribution in [1.29, 1.82) is 0 Å². The average Bonchev–Trinajstić information content (AvgIpc) is 2.67. The minimum atomic E-state index is -0.978. The van der Waals surface area contributed by atoms with Gasteiger partial charge in [0.1, 0.15) is 17.2 Å². The number of ether oxygens (including phenoxy) is 4. The molecule has 196 valence electrons. The molecular formula is C21H38N4O9. The molecule has 0 bridgehead atoms. The van der Waals surface area contributed by atoms with Gasteiger partial charge in [0.25, 0.3) is 0 Å². The summed E-state index contributed by atoms with van der Waals surface area (Å²) in [6.45, 7) is 11.7. The van der Waals surface area contributed by atoms with Gasteiger partial charge in [-0.25, -0.2) is 24.7 Å². The van der Waals surface area contributed by atoms with Gasteiger partial charge in [0.15, 0.2) is 6.61 Å². The molecule has 0 aliphatic heterocycles. The van der Waals surface area contributed by atoms with Crippen molar-refractivity contribution in [2.75, 3.05) is 26.9 Å². The highest BCUT2D eigenvalue weighted by Gasteiger charge is 2.28. The van der Waals surface area contributed by atoms with Gasteiger partial charge in [-0.3, -0.25) is 15.1 Å². The van der Waals surface area contributed by atoms with E-state index in [1.807, 2.05) is 0 Å². The summed E-state index contributed by atoms with van der Waals surface area (Å²) in [4.78, 5) is 56.6. The van der Waals surface area contributed by atoms with E-state index in [0.29, 0.717) is 6.42 Å². The highest BCUT2D eigenvalue weighted by Crippen LogP contribution is 2.12. The van der Waals surface area contributed by atoms with Crippen LogP contribution in [0.15, 0.2) is 4.99 Å². The summed E-state index contributed by atoms with van der Waals surface area (Å²) in [7, 11) is 1.20. The quantitative estimate of drug-likeness (QED) is 0.103. The highest BCUT2D eigenvalue weighted by atomic mass is 16.7. The zero-order valence-electron chi connectivity index (χ0n) is 21.2. The minimum absolute atomic E-state index is 0.115. The van der Waals surface area contributed by atoms with Crippen LogP contribution in [0.1, 0.15) is 61.3 Å². The summed E-state index contributed by atoms with van der Waals surface area (Å²) in [6.07, 6.45) is -1.05. The number of esters is 2. The van der Waals surface area contributed by atoms with E-state index in [0.717, 1.165) is 0 Å². The molecule has 0 aromatic carbocycles. The van der Waals surface area contributed by atoms with Crippen LogP contribution in [0.3, 0.4) is 0 Å². The van der Waals surface area contributed by atoms with Gasteiger partial charge in [-0.05, 0) is 61.3 Å². The molecule has 0 aromatic heterocycles. The number of carbonyl (C=O) groups excluding carboxylic acids is 4. The van der Waals surface area contributed by atoms with Crippen molar-refractivity contribution < 1.29 is 43.0 Å². The van der Waals surface area contributed by atoms with Crippen molar-refractivity contribution in [2.24, 2.45) is 4.99 Å². The normalized spacial score (nSPS) is 12.8. The van der Waals surface area contributed by atoms with E-state index in [9.17, 15) is 19.2 Å². The van der Waals surface area contributed by atoms with Gasteiger partial charge < -0.3 is 24.3 Å². The Hall–Kier alpha value is -3.09. The molecule has 1 atom stereocenters. The number of alkyl carbamates (subject to hydrolysis) is 2. The number of methoxy groups -OCH3 is 1. The number of nitrogens with one attached hydrogen (secondary N) is 3. The predicted octanol–water partition coefficient (Wildman–Crippen LogP) is 1.80. The molecule has 2 amide bonds. The summed E-state index contributed by atoms with van der Waals surface area (Å²) >= 11 is 0. The standard InChI is InChI=1S/C21H38N4O9/c1-9-31-18(28)24-17(25-32-13-15(26)30-8)22-12-10-11-14(16(27)33-20(2,3)4)23-19(29)34-21(5,6)7/h14H,9-13H2,1-8H3,(H,23,29)(H2,22,24,25,28)/t14-/m0/s1. The van der Waals surface area contributed by atoms with E-state index in [1.54, 1.807) is 48.5 Å². The number of carbonyl (C=O) groups is 4. The average molecular weight is 491 g/mol. The minimum Gasteiger partial charge on any atom is -0.467 e. The molecule has 0 aliphatic rings. The van der Waals surface area contributed by atoms with Gasteiger partial charge in [0.05, 0.1) is 13.7 Å². The van der Waals surface area contributed by atoms with E-state index >= 15 is 0 Å². The first-order valence-electron chi connectivity index (χ1n) is 10.8. The molecule has 0 rings (SSSR count). The van der Waals surface area contributed by atoms with Crippen molar-refractivity contribution in [3.8, 4) is 0 Å². The number of rotatable bonds is 10. The molecule has 3 N–H and O–H groups in total. The van der Waals surface area contributed by atoms with Crippen LogP contribution in [0, 0.1) is 0 Å². The van der Waals surface area contributed by atoms with Gasteiger partial charge in [-0.2, -0.15) is 0 Å². The second-order valence-corrected chi connectivity index (χ2v) is 8.92. The highest BCUT2D eigenvalue weighted by molar-refractivity contribution is 5.93. The number of hydroxylamine groups is 1. The Morgan fingerprint density at radius 3 is 2.09 bits per heavy atom. The summed E-state index contributed by atoms with van der Waals surface area (Å²) in [6, 6.07) is -0.978. The van der Waals surface area contributed by atoms with Crippen molar-refractivity contribution in [2.45, 2.75) is 78.6 Å². The van der Waals surface area contributed by atoms with Crippen molar-refractivity contribution in [1.82, 2.24) is 16.1 Å². The molecule has 0 radical (unpaired) electrons. The Balaban J connectivity index is 5.13. The van der Waals surface area contributed by atoms with Crippen LogP contribution < -0.4 is 16.1 Å². The van der Waals surface area contributed by atoms with Gasteiger partial charge in [0.2, 0.25) is 5.96 Å². The third-order valence-corrected chi connectivity index (χ3v) is 3.39. The fraction of sp³-hybridized carbons (Fsp3) is 0.762. The first-order chi connectivity index (χ1) is 15.7. The fourth-order valence-corrected chi connectivity index (χ4v) is 2.14. The van der Waals surface area contributed by atoms with Gasteiger partial charge in [0, 0.05) is 6.54 Å². The monoisotopic (exact) mass is 490 g/mol. The maximum atomic E-state index is 12.6. The summed E-state index contributed by atoms with van der Waals surface area (Å²) in [5.41, 5.74) is 0.841. The lowest BCUT2D eigenvalue weighted by Crippen LogP contribution is -2.46. The Bertz CT molecular complexity index is 712. The van der Waals surface area contributed by atoms with Crippen LogP contribution >= 0.6 is 0 Å². The van der Waals surface area contributed by atoms with Crippen LogP contribution in [0.5, 0.6) is 0 Å². The molecule has 0 aromatic rings. The van der Waals surface area contributed by atoms with Gasteiger partial charge in [-0.1, -0.05) is 0 Å². The first-order valence-corrected chi connectivity index (χ1v) is 10.8. The lowest BCUT2D eigenvalue weighted by atomic mass is 10.1. The predicted molar refractivity (Wildman–Crippen MR) is 122 cm³/mol. The second-order valence-electron chi connectivity index (χ2n) is 8.92. The van der Waals surface area contributed by atoms with Gasteiger partial charge in [-0.15, -0.1) is 0 Å². The van der Waals surface area contributed by atoms with Crippen LogP contribution in [-0.2, 0) is 33.4 Å². The smallest absolute Gasteiger partial charge is 0.413 e. The topological polar surface area (TPSA) is 163 Å². The molecular weight excluding hydrogens is 452 g/mol. The molecule has 0 fully saturated rings. The molecule has 0 spiro atoms. The Morgan fingerprint density at radius 1 is 0.941 bits per heavy atom. The lowest BCUT2D eigenvalue weighted by molar-refractivity contribution is -0.157. The molecule has 13 heteroatoms. The molecule has 0 unspecified atom stereocenters. The largest absolute Gasteiger partial charge is 0.467 e. The molecule has 0 saturated heterocycles. The van der Waals surface area contributed by atoms with Crippen LogP contribution in [0.25, 0.3) is 0 Å². The molecule has 13 nitrogen and oxygen atoms in total. The van der Waals surface area contributed by atoms with Crippen molar-refractivity contribution in [3.63, 3.8) is 0 Å². The zero-order chi connectivity index (χ0) is 26.4. The van der Waals surface area contributed by atoms with Crippen LogP contribution in [-0.4, -0.2) is 74.2 Å². The molecule has 0 heterocycles. The van der Waals surface area contributed by atoms with E-state index in [2.05, 4.69) is 25.8 Å². The van der Waals surface area contributed by atoms with Crippen molar-refractivity contribution in [3.05, 3.63) is 0 Å². The van der Waals surface area contributed by atoms with E-state index in [1.165, 1.54) is 7.11 Å². The Kier molecular flexibility index (Phi) is 13.6.